The zero-order valence-corrected chi connectivity index (χ0v) is 13.1. The van der Waals surface area contributed by atoms with Gasteiger partial charge in [0.25, 0.3) is 0 Å². The monoisotopic (exact) mass is 276 g/mol. The second-order valence-electron chi connectivity index (χ2n) is 5.74. The maximum atomic E-state index is 5.60. The number of hydrogen-bond donors (Lipinski definition) is 1. The van der Waals surface area contributed by atoms with Gasteiger partial charge < -0.3 is 15.0 Å². The average molecular weight is 276 g/mol. The number of benzene rings is 1. The number of nitrogens with zero attached hydrogens (tertiary/aromatic N) is 1. The third kappa shape index (κ3) is 3.89. The second-order valence-corrected chi connectivity index (χ2v) is 5.74. The Kier molecular flexibility index (Phi) is 5.72. The van der Waals surface area contributed by atoms with Gasteiger partial charge in [-0.25, -0.2) is 0 Å². The van der Waals surface area contributed by atoms with Crippen molar-refractivity contribution in [1.29, 1.82) is 0 Å². The summed E-state index contributed by atoms with van der Waals surface area (Å²) in [5.74, 6) is 1.01. The molecule has 0 aliphatic carbocycles. The molecule has 3 heteroatoms. The Morgan fingerprint density at radius 1 is 1.25 bits per heavy atom. The van der Waals surface area contributed by atoms with Crippen molar-refractivity contribution < 1.29 is 4.74 Å². The lowest BCUT2D eigenvalue weighted by molar-refractivity contribution is 0.411. The highest BCUT2D eigenvalue weighted by Gasteiger charge is 2.15. The van der Waals surface area contributed by atoms with Crippen molar-refractivity contribution in [3.63, 3.8) is 0 Å². The van der Waals surface area contributed by atoms with E-state index >= 15 is 0 Å². The minimum Gasteiger partial charge on any atom is -0.495 e. The normalized spacial score (nSPS) is 17.1. The quantitative estimate of drug-likeness (QED) is 0.859. The van der Waals surface area contributed by atoms with E-state index in [-0.39, 0.29) is 0 Å². The van der Waals surface area contributed by atoms with E-state index in [1.165, 1.54) is 30.5 Å². The highest BCUT2D eigenvalue weighted by atomic mass is 16.5. The van der Waals surface area contributed by atoms with Gasteiger partial charge in [-0.2, -0.15) is 0 Å². The first-order valence-corrected chi connectivity index (χ1v) is 7.89. The van der Waals surface area contributed by atoms with Crippen LogP contribution in [0.3, 0.4) is 0 Å². The predicted octanol–water partition coefficient (Wildman–Crippen LogP) is 3.57. The summed E-state index contributed by atoms with van der Waals surface area (Å²) in [7, 11) is 1.77. The summed E-state index contributed by atoms with van der Waals surface area (Å²) < 4.78 is 5.60. The minimum atomic E-state index is 0.558. The van der Waals surface area contributed by atoms with E-state index in [9.17, 15) is 0 Å². The van der Waals surface area contributed by atoms with Gasteiger partial charge in [-0.1, -0.05) is 13.0 Å². The van der Waals surface area contributed by atoms with Crippen LogP contribution in [0.1, 0.15) is 45.1 Å². The molecule has 1 aliphatic heterocycles. The van der Waals surface area contributed by atoms with Gasteiger partial charge in [-0.15, -0.1) is 0 Å². The fourth-order valence-corrected chi connectivity index (χ4v) is 2.66. The molecule has 20 heavy (non-hydrogen) atoms. The topological polar surface area (TPSA) is 24.5 Å². The van der Waals surface area contributed by atoms with Crippen LogP contribution in [0.4, 0.5) is 5.69 Å². The molecule has 1 fully saturated rings. The molecule has 0 saturated carbocycles. The molecule has 1 unspecified atom stereocenters. The summed E-state index contributed by atoms with van der Waals surface area (Å²) in [6.07, 6.45) is 5.10. The van der Waals surface area contributed by atoms with E-state index in [1.54, 1.807) is 7.11 Å². The van der Waals surface area contributed by atoms with Gasteiger partial charge in [-0.05, 0) is 50.3 Å². The summed E-state index contributed by atoms with van der Waals surface area (Å²) in [6.45, 7) is 7.64. The third-order valence-corrected chi connectivity index (χ3v) is 4.21. The number of piperidine rings is 1. The molecule has 2 rings (SSSR count). The molecule has 3 nitrogen and oxygen atoms in total. The molecule has 1 saturated heterocycles. The van der Waals surface area contributed by atoms with Crippen LogP contribution < -0.4 is 15.0 Å². The van der Waals surface area contributed by atoms with E-state index in [4.69, 9.17) is 4.74 Å². The van der Waals surface area contributed by atoms with Gasteiger partial charge in [0.05, 0.1) is 12.8 Å². The van der Waals surface area contributed by atoms with E-state index in [0.29, 0.717) is 6.04 Å². The van der Waals surface area contributed by atoms with Gasteiger partial charge in [0, 0.05) is 25.7 Å². The summed E-state index contributed by atoms with van der Waals surface area (Å²) in [5, 5.41) is 3.53. The van der Waals surface area contributed by atoms with Crippen LogP contribution in [0.25, 0.3) is 0 Å². The van der Waals surface area contributed by atoms with Gasteiger partial charge in [0.15, 0.2) is 0 Å². The molecule has 0 radical (unpaired) electrons. The number of ether oxygens (including phenoxy) is 1. The molecule has 0 bridgehead atoms. The van der Waals surface area contributed by atoms with Crippen LogP contribution >= 0.6 is 0 Å². The second kappa shape index (κ2) is 7.53. The molecule has 0 amide bonds. The van der Waals surface area contributed by atoms with E-state index in [1.807, 2.05) is 0 Å². The largest absolute Gasteiger partial charge is 0.495 e. The molecule has 1 N–H and O–H groups in total. The Morgan fingerprint density at radius 3 is 2.65 bits per heavy atom. The van der Waals surface area contributed by atoms with Crippen molar-refractivity contribution >= 4 is 5.69 Å². The standard InChI is InChI=1S/C17H28N2O/c1-4-14(2)18-13-15-8-9-16(17(12-15)20-3)19-10-6-5-7-11-19/h8-9,12,14,18H,4-7,10-11,13H2,1-3H3. The third-order valence-electron chi connectivity index (χ3n) is 4.21. The summed E-state index contributed by atoms with van der Waals surface area (Å²) in [6, 6.07) is 7.18. The van der Waals surface area contributed by atoms with E-state index in [0.717, 1.165) is 31.8 Å². The maximum absolute atomic E-state index is 5.60. The number of hydrogen-bond acceptors (Lipinski definition) is 3. The van der Waals surface area contributed by atoms with Crippen LogP contribution in [-0.4, -0.2) is 26.2 Å². The van der Waals surface area contributed by atoms with Gasteiger partial charge >= 0.3 is 0 Å². The average Bonchev–Trinajstić information content (AvgIpc) is 2.53. The van der Waals surface area contributed by atoms with Crippen molar-refractivity contribution in [1.82, 2.24) is 5.32 Å². The predicted molar refractivity (Wildman–Crippen MR) is 85.7 cm³/mol. The van der Waals surface area contributed by atoms with Crippen molar-refractivity contribution in [3.05, 3.63) is 23.8 Å². The zero-order valence-electron chi connectivity index (χ0n) is 13.1. The Hall–Kier alpha value is -1.22. The van der Waals surface area contributed by atoms with Crippen LogP contribution in [0.5, 0.6) is 5.75 Å². The molecule has 112 valence electrons. The highest BCUT2D eigenvalue weighted by Crippen LogP contribution is 2.31. The van der Waals surface area contributed by atoms with Crippen LogP contribution in [0, 0.1) is 0 Å². The molecule has 0 spiro atoms. The molecular formula is C17H28N2O. The van der Waals surface area contributed by atoms with Gasteiger partial charge in [-0.3, -0.25) is 0 Å². The molecule has 1 atom stereocenters. The lowest BCUT2D eigenvalue weighted by atomic mass is 10.1. The first-order valence-electron chi connectivity index (χ1n) is 7.89. The molecule has 0 aromatic heterocycles. The molecule has 1 aromatic rings. The molecule has 1 aliphatic rings. The number of rotatable bonds is 6. The maximum Gasteiger partial charge on any atom is 0.142 e. The SMILES string of the molecule is CCC(C)NCc1ccc(N2CCCCC2)c(OC)c1. The summed E-state index contributed by atoms with van der Waals surface area (Å²) in [5.41, 5.74) is 2.54. The van der Waals surface area contributed by atoms with E-state index in [2.05, 4.69) is 42.3 Å². The smallest absolute Gasteiger partial charge is 0.142 e. The van der Waals surface area contributed by atoms with E-state index < -0.39 is 0 Å². The van der Waals surface area contributed by atoms with Crippen LogP contribution in [0.2, 0.25) is 0 Å². The van der Waals surface area contributed by atoms with Crippen molar-refractivity contribution in [2.45, 2.75) is 52.1 Å². The number of methoxy groups -OCH3 is 1. The van der Waals surface area contributed by atoms with Crippen molar-refractivity contribution in [3.8, 4) is 5.75 Å². The first kappa shape index (κ1) is 15.2. The van der Waals surface area contributed by atoms with Crippen molar-refractivity contribution in [2.24, 2.45) is 0 Å². The number of anilines is 1. The Balaban J connectivity index is 2.06. The fraction of sp³-hybridized carbons (Fsp3) is 0.647. The van der Waals surface area contributed by atoms with Crippen molar-refractivity contribution in [2.75, 3.05) is 25.1 Å². The lowest BCUT2D eigenvalue weighted by Crippen LogP contribution is -2.29. The van der Waals surface area contributed by atoms with Crippen LogP contribution in [0.15, 0.2) is 18.2 Å². The number of nitrogens with one attached hydrogen (secondary N) is 1. The fourth-order valence-electron chi connectivity index (χ4n) is 2.66. The first-order chi connectivity index (χ1) is 9.74. The molecular weight excluding hydrogens is 248 g/mol. The molecule has 1 aromatic carbocycles. The zero-order chi connectivity index (χ0) is 14.4. The summed E-state index contributed by atoms with van der Waals surface area (Å²) >= 11 is 0. The van der Waals surface area contributed by atoms with Gasteiger partial charge in [0.1, 0.15) is 5.75 Å². The van der Waals surface area contributed by atoms with Crippen LogP contribution in [-0.2, 0) is 6.54 Å². The highest BCUT2D eigenvalue weighted by molar-refractivity contribution is 5.60. The van der Waals surface area contributed by atoms with Gasteiger partial charge in [0.2, 0.25) is 0 Å². The Labute approximate surface area is 123 Å². The molecule has 1 heterocycles. The minimum absolute atomic E-state index is 0.558. The lowest BCUT2D eigenvalue weighted by Gasteiger charge is -2.30. The Bertz CT molecular complexity index is 413. The Morgan fingerprint density at radius 2 is 2.00 bits per heavy atom. The summed E-state index contributed by atoms with van der Waals surface area (Å²) in [4.78, 5) is 2.45.